The summed E-state index contributed by atoms with van der Waals surface area (Å²) in [5, 5.41) is 0. The standard InChI is InChI=1S/C23H29NO3S/c1-19(25)22(23(26)27-2)14-9-15-24(18-20-10-5-3-6-11-20)16-17-28-21-12-7-4-8-13-21/h3-8,10-13,22H,9,14-18H2,1-2H3. The lowest BCUT2D eigenvalue weighted by atomic mass is 9.99. The molecule has 0 saturated heterocycles. The van der Waals surface area contributed by atoms with Crippen LogP contribution >= 0.6 is 11.8 Å². The van der Waals surface area contributed by atoms with Crippen LogP contribution in [0.3, 0.4) is 0 Å². The molecule has 1 atom stereocenters. The number of thioether (sulfide) groups is 1. The number of carbonyl (C=O) groups is 2. The van der Waals surface area contributed by atoms with E-state index in [0.29, 0.717) is 6.42 Å². The van der Waals surface area contributed by atoms with Gasteiger partial charge in [-0.15, -0.1) is 11.8 Å². The van der Waals surface area contributed by atoms with Gasteiger partial charge in [0.05, 0.1) is 7.11 Å². The third kappa shape index (κ3) is 7.87. The highest BCUT2D eigenvalue weighted by molar-refractivity contribution is 7.99. The Morgan fingerprint density at radius 3 is 2.25 bits per heavy atom. The number of rotatable bonds is 12. The Labute approximate surface area is 172 Å². The van der Waals surface area contributed by atoms with Gasteiger partial charge in [0, 0.05) is 23.7 Å². The topological polar surface area (TPSA) is 46.6 Å². The van der Waals surface area contributed by atoms with Crippen molar-refractivity contribution >= 4 is 23.5 Å². The summed E-state index contributed by atoms with van der Waals surface area (Å²) in [4.78, 5) is 27.2. The van der Waals surface area contributed by atoms with Crippen LogP contribution in [0, 0.1) is 5.92 Å². The van der Waals surface area contributed by atoms with Crippen LogP contribution in [-0.4, -0.2) is 42.6 Å². The van der Waals surface area contributed by atoms with Crippen molar-refractivity contribution in [1.82, 2.24) is 4.90 Å². The largest absolute Gasteiger partial charge is 0.468 e. The fourth-order valence-corrected chi connectivity index (χ4v) is 4.00. The molecule has 0 radical (unpaired) electrons. The van der Waals surface area contributed by atoms with Crippen molar-refractivity contribution in [1.29, 1.82) is 0 Å². The van der Waals surface area contributed by atoms with Crippen molar-refractivity contribution in [3.8, 4) is 0 Å². The van der Waals surface area contributed by atoms with E-state index in [2.05, 4.69) is 53.4 Å². The molecule has 2 aromatic rings. The number of esters is 1. The van der Waals surface area contributed by atoms with Crippen molar-refractivity contribution in [3.63, 3.8) is 0 Å². The fourth-order valence-electron chi connectivity index (χ4n) is 3.07. The maximum atomic E-state index is 11.8. The molecule has 0 aliphatic rings. The number of Topliss-reactive ketones (excluding diaryl/α,β-unsaturated/α-hetero) is 1. The zero-order chi connectivity index (χ0) is 20.2. The minimum atomic E-state index is -0.651. The summed E-state index contributed by atoms with van der Waals surface area (Å²) in [5.74, 6) is -0.214. The summed E-state index contributed by atoms with van der Waals surface area (Å²) in [6.45, 7) is 4.10. The predicted molar refractivity (Wildman–Crippen MR) is 114 cm³/mol. The smallest absolute Gasteiger partial charge is 0.316 e. The number of nitrogens with zero attached hydrogens (tertiary/aromatic N) is 1. The summed E-state index contributed by atoms with van der Waals surface area (Å²) in [6, 6.07) is 20.8. The maximum Gasteiger partial charge on any atom is 0.316 e. The molecular weight excluding hydrogens is 370 g/mol. The van der Waals surface area contributed by atoms with Crippen LogP contribution in [0.1, 0.15) is 25.3 Å². The molecule has 0 aliphatic heterocycles. The molecular formula is C23H29NO3S. The van der Waals surface area contributed by atoms with E-state index >= 15 is 0 Å². The van der Waals surface area contributed by atoms with E-state index in [1.165, 1.54) is 24.5 Å². The molecule has 0 heterocycles. The Morgan fingerprint density at radius 2 is 1.64 bits per heavy atom. The van der Waals surface area contributed by atoms with E-state index < -0.39 is 11.9 Å². The maximum absolute atomic E-state index is 11.8. The summed E-state index contributed by atoms with van der Waals surface area (Å²) in [5.41, 5.74) is 1.27. The minimum Gasteiger partial charge on any atom is -0.468 e. The second-order valence-corrected chi connectivity index (χ2v) is 7.92. The van der Waals surface area contributed by atoms with Gasteiger partial charge < -0.3 is 4.74 Å². The summed E-state index contributed by atoms with van der Waals surface area (Å²) in [7, 11) is 1.33. The van der Waals surface area contributed by atoms with Crippen LogP contribution < -0.4 is 0 Å². The lowest BCUT2D eigenvalue weighted by molar-refractivity contribution is -0.149. The Hall–Kier alpha value is -2.11. The first-order valence-electron chi connectivity index (χ1n) is 9.62. The Bertz CT molecular complexity index is 721. The van der Waals surface area contributed by atoms with Gasteiger partial charge >= 0.3 is 5.97 Å². The quantitative estimate of drug-likeness (QED) is 0.300. The SMILES string of the molecule is COC(=O)C(CCCN(CCSc1ccccc1)Cc1ccccc1)C(C)=O. The first-order valence-corrected chi connectivity index (χ1v) is 10.6. The monoisotopic (exact) mass is 399 g/mol. The van der Waals surface area contributed by atoms with Crippen molar-refractivity contribution in [2.24, 2.45) is 5.92 Å². The Balaban J connectivity index is 1.89. The van der Waals surface area contributed by atoms with Crippen LogP contribution in [-0.2, 0) is 20.9 Å². The van der Waals surface area contributed by atoms with Crippen LogP contribution in [0.25, 0.3) is 0 Å². The number of methoxy groups -OCH3 is 1. The molecule has 2 aromatic carbocycles. The van der Waals surface area contributed by atoms with E-state index in [1.54, 1.807) is 0 Å². The molecule has 28 heavy (non-hydrogen) atoms. The average molecular weight is 400 g/mol. The number of ether oxygens (including phenoxy) is 1. The van der Waals surface area contributed by atoms with E-state index in [1.807, 2.05) is 23.9 Å². The molecule has 0 bridgehead atoms. The van der Waals surface area contributed by atoms with Gasteiger partial charge in [0.15, 0.2) is 0 Å². The van der Waals surface area contributed by atoms with E-state index in [4.69, 9.17) is 4.74 Å². The van der Waals surface area contributed by atoms with Crippen LogP contribution in [0.2, 0.25) is 0 Å². The molecule has 0 aliphatic carbocycles. The van der Waals surface area contributed by atoms with Crippen molar-refractivity contribution in [3.05, 3.63) is 66.2 Å². The summed E-state index contributed by atoms with van der Waals surface area (Å²) in [6.07, 6.45) is 1.31. The normalized spacial score (nSPS) is 12.0. The van der Waals surface area contributed by atoms with Gasteiger partial charge in [-0.25, -0.2) is 0 Å². The second kappa shape index (κ2) is 12.4. The Kier molecular flexibility index (Phi) is 9.80. The summed E-state index contributed by atoms with van der Waals surface area (Å²) < 4.78 is 4.76. The zero-order valence-electron chi connectivity index (χ0n) is 16.7. The molecule has 0 saturated carbocycles. The van der Waals surface area contributed by atoms with Gasteiger partial charge in [0.1, 0.15) is 11.7 Å². The van der Waals surface area contributed by atoms with Crippen LogP contribution in [0.5, 0.6) is 0 Å². The molecule has 5 heteroatoms. The molecule has 150 valence electrons. The fraction of sp³-hybridized carbons (Fsp3) is 0.391. The van der Waals surface area contributed by atoms with Crippen LogP contribution in [0.15, 0.2) is 65.6 Å². The van der Waals surface area contributed by atoms with E-state index in [-0.39, 0.29) is 5.78 Å². The first-order chi connectivity index (χ1) is 13.6. The van der Waals surface area contributed by atoms with Gasteiger partial charge in [-0.3, -0.25) is 14.5 Å². The lowest BCUT2D eigenvalue weighted by Crippen LogP contribution is -2.29. The highest BCUT2D eigenvalue weighted by atomic mass is 32.2. The number of benzene rings is 2. The van der Waals surface area contributed by atoms with E-state index in [9.17, 15) is 9.59 Å². The molecule has 0 fully saturated rings. The van der Waals surface area contributed by atoms with Crippen molar-refractivity contribution < 1.29 is 14.3 Å². The highest BCUT2D eigenvalue weighted by Crippen LogP contribution is 2.18. The van der Waals surface area contributed by atoms with Gasteiger partial charge in [0.2, 0.25) is 0 Å². The van der Waals surface area contributed by atoms with E-state index in [0.717, 1.165) is 31.8 Å². The predicted octanol–water partition coefficient (Wildman–Crippen LogP) is 4.44. The van der Waals surface area contributed by atoms with Crippen LogP contribution in [0.4, 0.5) is 0 Å². The molecule has 0 aromatic heterocycles. The average Bonchev–Trinajstić information content (AvgIpc) is 2.71. The third-order valence-electron chi connectivity index (χ3n) is 4.61. The highest BCUT2D eigenvalue weighted by Gasteiger charge is 2.23. The number of hydrogen-bond acceptors (Lipinski definition) is 5. The molecule has 0 N–H and O–H groups in total. The van der Waals surface area contributed by atoms with Gasteiger partial charge in [0.25, 0.3) is 0 Å². The Morgan fingerprint density at radius 1 is 1.00 bits per heavy atom. The van der Waals surface area contributed by atoms with Crippen molar-refractivity contribution in [2.75, 3.05) is 26.0 Å². The van der Waals surface area contributed by atoms with Gasteiger partial charge in [-0.05, 0) is 44.0 Å². The molecule has 1 unspecified atom stereocenters. The third-order valence-corrected chi connectivity index (χ3v) is 5.60. The summed E-state index contributed by atoms with van der Waals surface area (Å²) >= 11 is 1.84. The second-order valence-electron chi connectivity index (χ2n) is 6.75. The minimum absolute atomic E-state index is 0.124. The molecule has 2 rings (SSSR count). The first kappa shape index (κ1) is 22.2. The molecule has 4 nitrogen and oxygen atoms in total. The lowest BCUT2D eigenvalue weighted by Gasteiger charge is -2.23. The number of hydrogen-bond donors (Lipinski definition) is 0. The van der Waals surface area contributed by atoms with Gasteiger partial charge in [-0.2, -0.15) is 0 Å². The molecule has 0 spiro atoms. The zero-order valence-corrected chi connectivity index (χ0v) is 17.5. The molecule has 0 amide bonds. The van der Waals surface area contributed by atoms with Crippen molar-refractivity contribution in [2.45, 2.75) is 31.2 Å². The number of ketones is 1. The van der Waals surface area contributed by atoms with Gasteiger partial charge in [-0.1, -0.05) is 48.5 Å². The number of carbonyl (C=O) groups excluding carboxylic acids is 2.